The molecule has 1 N–H and O–H groups in total. The lowest BCUT2D eigenvalue weighted by atomic mass is 10.1. The van der Waals surface area contributed by atoms with Crippen LogP contribution in [0.25, 0.3) is 22.6 Å². The topological polar surface area (TPSA) is 80.9 Å². The minimum absolute atomic E-state index is 0.112. The first-order valence-electron chi connectivity index (χ1n) is 10.9. The molecule has 10 heteroatoms. The first kappa shape index (κ1) is 24.2. The summed E-state index contributed by atoms with van der Waals surface area (Å²) < 4.78 is 19.8. The van der Waals surface area contributed by atoms with E-state index in [-0.39, 0.29) is 17.5 Å². The van der Waals surface area contributed by atoms with E-state index < -0.39 is 0 Å². The van der Waals surface area contributed by atoms with Gasteiger partial charge in [0, 0.05) is 16.9 Å². The summed E-state index contributed by atoms with van der Waals surface area (Å²) in [6.07, 6.45) is 0. The van der Waals surface area contributed by atoms with Crippen molar-refractivity contribution in [2.24, 2.45) is 0 Å². The number of nitrogens with zero attached hydrogens (tertiary/aromatic N) is 3. The van der Waals surface area contributed by atoms with Crippen LogP contribution in [0.5, 0.6) is 0 Å². The van der Waals surface area contributed by atoms with Gasteiger partial charge in [-0.05, 0) is 17.7 Å². The van der Waals surface area contributed by atoms with E-state index in [1.54, 1.807) is 12.1 Å². The van der Waals surface area contributed by atoms with Crippen molar-refractivity contribution in [3.8, 4) is 22.6 Å². The third-order valence-electron chi connectivity index (χ3n) is 4.95. The quantitative estimate of drug-likeness (QED) is 0.161. The number of aromatic nitrogens is 3. The summed E-state index contributed by atoms with van der Waals surface area (Å²) in [6.45, 7) is 0. The highest BCUT2D eigenvalue weighted by atomic mass is 32.2. The second-order valence-electron chi connectivity index (χ2n) is 7.51. The number of benzene rings is 3. The molecule has 0 saturated heterocycles. The standard InChI is InChI=1S/C26H19FN4O2S3/c27-20-13-11-17(12-14-20)15-35-26-31-30-24(36-26)28-21(32)16-34-25-29-22(18-7-3-1-4-8-18)23(33-25)19-9-5-2-6-10-19/h1-14H,15-16H2,(H,28,30,32). The molecule has 0 aliphatic heterocycles. The lowest BCUT2D eigenvalue weighted by Gasteiger charge is -2.00. The Balaban J connectivity index is 1.20. The zero-order valence-corrected chi connectivity index (χ0v) is 21.2. The summed E-state index contributed by atoms with van der Waals surface area (Å²) in [5, 5.41) is 11.8. The van der Waals surface area contributed by atoms with Gasteiger partial charge in [-0.1, -0.05) is 108 Å². The van der Waals surface area contributed by atoms with Gasteiger partial charge < -0.3 is 4.42 Å². The number of nitrogens with one attached hydrogen (secondary N) is 1. The zero-order valence-electron chi connectivity index (χ0n) is 18.8. The van der Waals surface area contributed by atoms with Crippen molar-refractivity contribution in [2.45, 2.75) is 15.3 Å². The monoisotopic (exact) mass is 534 g/mol. The molecular weight excluding hydrogens is 516 g/mol. The molecule has 2 heterocycles. The van der Waals surface area contributed by atoms with Crippen LogP contribution in [0, 0.1) is 5.82 Å². The van der Waals surface area contributed by atoms with E-state index in [9.17, 15) is 9.18 Å². The average molecular weight is 535 g/mol. The van der Waals surface area contributed by atoms with Gasteiger partial charge in [0.15, 0.2) is 10.1 Å². The Morgan fingerprint density at radius 3 is 2.31 bits per heavy atom. The van der Waals surface area contributed by atoms with Crippen LogP contribution < -0.4 is 5.32 Å². The normalized spacial score (nSPS) is 10.9. The fourth-order valence-corrected chi connectivity index (χ4v) is 5.61. The number of carbonyl (C=O) groups excluding carboxylic acids is 1. The van der Waals surface area contributed by atoms with Crippen molar-refractivity contribution in [1.29, 1.82) is 0 Å². The molecule has 1 amide bonds. The van der Waals surface area contributed by atoms with Crippen LogP contribution in [0.3, 0.4) is 0 Å². The Kier molecular flexibility index (Phi) is 7.75. The molecule has 3 aromatic carbocycles. The van der Waals surface area contributed by atoms with Gasteiger partial charge in [0.25, 0.3) is 5.22 Å². The molecule has 180 valence electrons. The molecule has 0 bridgehead atoms. The summed E-state index contributed by atoms with van der Waals surface area (Å²) in [5.41, 5.74) is 3.57. The molecule has 0 unspecified atom stereocenters. The van der Waals surface area contributed by atoms with E-state index in [0.717, 1.165) is 26.7 Å². The Labute approximate surface area is 219 Å². The van der Waals surface area contributed by atoms with Crippen LogP contribution in [0.15, 0.2) is 98.9 Å². The fourth-order valence-electron chi connectivity index (χ4n) is 3.27. The molecule has 0 saturated carbocycles. The SMILES string of the molecule is O=C(CSc1nc(-c2ccccc2)c(-c2ccccc2)o1)Nc1nnc(SCc2ccc(F)cc2)s1. The average Bonchev–Trinajstić information content (AvgIpc) is 3.55. The molecule has 0 atom stereocenters. The molecule has 5 rings (SSSR count). The third-order valence-corrected chi connectivity index (χ3v) is 7.82. The minimum Gasteiger partial charge on any atom is -0.431 e. The van der Waals surface area contributed by atoms with Gasteiger partial charge in [-0.3, -0.25) is 10.1 Å². The second-order valence-corrected chi connectivity index (χ2v) is 10.6. The Bertz CT molecular complexity index is 1380. The summed E-state index contributed by atoms with van der Waals surface area (Å²) in [5.74, 6) is 0.917. The van der Waals surface area contributed by atoms with Crippen molar-refractivity contribution < 1.29 is 13.6 Å². The summed E-state index contributed by atoms with van der Waals surface area (Å²) >= 11 is 3.99. The molecule has 2 aromatic heterocycles. The van der Waals surface area contributed by atoms with E-state index in [2.05, 4.69) is 20.5 Å². The number of carbonyl (C=O) groups is 1. The molecule has 6 nitrogen and oxygen atoms in total. The molecule has 0 spiro atoms. The predicted octanol–water partition coefficient (Wildman–Crippen LogP) is 7.02. The van der Waals surface area contributed by atoms with Gasteiger partial charge in [-0.15, -0.1) is 10.2 Å². The summed E-state index contributed by atoms with van der Waals surface area (Å²) in [4.78, 5) is 17.2. The second kappa shape index (κ2) is 11.5. The van der Waals surface area contributed by atoms with Crippen molar-refractivity contribution in [3.05, 3.63) is 96.3 Å². The summed E-state index contributed by atoms with van der Waals surface area (Å²) in [6, 6.07) is 25.9. The van der Waals surface area contributed by atoms with Crippen molar-refractivity contribution in [2.75, 3.05) is 11.1 Å². The van der Waals surface area contributed by atoms with Gasteiger partial charge in [-0.25, -0.2) is 9.37 Å². The van der Waals surface area contributed by atoms with Gasteiger partial charge >= 0.3 is 0 Å². The Morgan fingerprint density at radius 1 is 0.889 bits per heavy atom. The molecule has 0 aliphatic carbocycles. The van der Waals surface area contributed by atoms with E-state index in [4.69, 9.17) is 4.42 Å². The fraction of sp³-hybridized carbons (Fsp3) is 0.0769. The van der Waals surface area contributed by atoms with E-state index in [1.807, 2.05) is 60.7 Å². The molecule has 36 heavy (non-hydrogen) atoms. The van der Waals surface area contributed by atoms with Crippen molar-refractivity contribution >= 4 is 45.9 Å². The zero-order chi connectivity index (χ0) is 24.7. The molecule has 5 aromatic rings. The Morgan fingerprint density at radius 2 is 1.58 bits per heavy atom. The highest BCUT2D eigenvalue weighted by Crippen LogP contribution is 2.35. The lowest BCUT2D eigenvalue weighted by Crippen LogP contribution is -2.13. The van der Waals surface area contributed by atoms with Crippen LogP contribution in [0.4, 0.5) is 9.52 Å². The largest absolute Gasteiger partial charge is 0.431 e. The van der Waals surface area contributed by atoms with Crippen LogP contribution in [-0.4, -0.2) is 26.8 Å². The predicted molar refractivity (Wildman–Crippen MR) is 143 cm³/mol. The number of hydrogen-bond donors (Lipinski definition) is 1. The van der Waals surface area contributed by atoms with E-state index in [0.29, 0.717) is 21.9 Å². The van der Waals surface area contributed by atoms with Crippen LogP contribution in [-0.2, 0) is 10.5 Å². The lowest BCUT2D eigenvalue weighted by molar-refractivity contribution is -0.113. The van der Waals surface area contributed by atoms with E-state index in [1.165, 1.54) is 47.0 Å². The van der Waals surface area contributed by atoms with E-state index >= 15 is 0 Å². The van der Waals surface area contributed by atoms with Gasteiger partial charge in [-0.2, -0.15) is 0 Å². The number of thioether (sulfide) groups is 2. The molecule has 0 radical (unpaired) electrons. The minimum atomic E-state index is -0.264. The third kappa shape index (κ3) is 6.20. The van der Waals surface area contributed by atoms with Crippen molar-refractivity contribution in [3.63, 3.8) is 0 Å². The number of oxazole rings is 1. The highest BCUT2D eigenvalue weighted by Gasteiger charge is 2.18. The Hall–Kier alpha value is -3.47. The number of anilines is 1. The molecule has 0 fully saturated rings. The first-order valence-corrected chi connectivity index (χ1v) is 13.7. The smallest absolute Gasteiger partial charge is 0.257 e. The number of halogens is 1. The van der Waals surface area contributed by atoms with Crippen LogP contribution >= 0.6 is 34.9 Å². The highest BCUT2D eigenvalue weighted by molar-refractivity contribution is 8.00. The van der Waals surface area contributed by atoms with Crippen LogP contribution in [0.2, 0.25) is 0 Å². The molecule has 0 aliphatic rings. The van der Waals surface area contributed by atoms with Gasteiger partial charge in [0.1, 0.15) is 11.5 Å². The summed E-state index contributed by atoms with van der Waals surface area (Å²) in [7, 11) is 0. The number of rotatable bonds is 9. The van der Waals surface area contributed by atoms with Gasteiger partial charge in [0.2, 0.25) is 11.0 Å². The van der Waals surface area contributed by atoms with Gasteiger partial charge in [0.05, 0.1) is 5.75 Å². The maximum atomic E-state index is 13.0. The first-order chi connectivity index (χ1) is 17.6. The molecular formula is C26H19FN4O2S3. The number of hydrogen-bond acceptors (Lipinski definition) is 8. The number of amides is 1. The van der Waals surface area contributed by atoms with Crippen molar-refractivity contribution in [1.82, 2.24) is 15.2 Å². The maximum absolute atomic E-state index is 13.0. The maximum Gasteiger partial charge on any atom is 0.257 e. The van der Waals surface area contributed by atoms with Crippen LogP contribution in [0.1, 0.15) is 5.56 Å².